The van der Waals surface area contributed by atoms with E-state index in [2.05, 4.69) is 9.88 Å². The van der Waals surface area contributed by atoms with E-state index in [1.807, 2.05) is 87.6 Å². The zero-order valence-corrected chi connectivity index (χ0v) is 21.1. The second kappa shape index (κ2) is 10.7. The molecule has 0 saturated carbocycles. The molecule has 4 rings (SSSR count). The van der Waals surface area contributed by atoms with E-state index < -0.39 is 12.0 Å². The molecule has 0 saturated heterocycles. The van der Waals surface area contributed by atoms with Crippen LogP contribution in [0.5, 0.6) is 0 Å². The maximum atomic E-state index is 14.0. The Morgan fingerprint density at radius 3 is 2.36 bits per heavy atom. The summed E-state index contributed by atoms with van der Waals surface area (Å²) in [5.41, 5.74) is 4.75. The van der Waals surface area contributed by atoms with Gasteiger partial charge in [0, 0.05) is 12.2 Å². The van der Waals surface area contributed by atoms with Gasteiger partial charge in [-0.3, -0.25) is 14.5 Å². The van der Waals surface area contributed by atoms with E-state index in [9.17, 15) is 14.4 Å². The van der Waals surface area contributed by atoms with Gasteiger partial charge in [-0.2, -0.15) is 0 Å². The number of ether oxygens (including phenoxy) is 1. The summed E-state index contributed by atoms with van der Waals surface area (Å²) in [5, 5.41) is 2.57. The molecule has 0 fully saturated rings. The standard InChI is InChI=1S/C28H32N4O4/c1-5-36-26(34)17-29-28(35)31(19(2)3)18-25(33)32-23-10-7-6-9-22(23)30-16-8-11-24(30)27(32)21-14-12-20(4)13-15-21/h6-16,19,27H,5,17-18H2,1-4H3,(H,29,35). The summed E-state index contributed by atoms with van der Waals surface area (Å²) in [6.45, 7) is 7.24. The Hall–Kier alpha value is -4.07. The minimum atomic E-state index is -0.522. The lowest BCUT2D eigenvalue weighted by Crippen LogP contribution is -2.52. The first-order valence-corrected chi connectivity index (χ1v) is 12.2. The molecule has 188 valence electrons. The van der Waals surface area contributed by atoms with Crippen molar-refractivity contribution in [2.45, 2.75) is 39.8 Å². The van der Waals surface area contributed by atoms with Crippen LogP contribution in [0, 0.1) is 6.92 Å². The number of nitrogens with zero attached hydrogens (tertiary/aromatic N) is 3. The average molecular weight is 489 g/mol. The number of hydrogen-bond donors (Lipinski definition) is 1. The van der Waals surface area contributed by atoms with E-state index >= 15 is 0 Å². The van der Waals surface area contributed by atoms with Gasteiger partial charge in [0.15, 0.2) is 0 Å². The van der Waals surface area contributed by atoms with Gasteiger partial charge in [-0.15, -0.1) is 0 Å². The molecule has 1 N–H and O–H groups in total. The molecule has 3 aromatic rings. The molecule has 8 heteroatoms. The molecule has 1 aliphatic rings. The maximum Gasteiger partial charge on any atom is 0.325 e. The fourth-order valence-corrected chi connectivity index (χ4v) is 4.50. The van der Waals surface area contributed by atoms with E-state index in [1.165, 1.54) is 4.90 Å². The number of urea groups is 1. The van der Waals surface area contributed by atoms with Gasteiger partial charge in [0.1, 0.15) is 19.1 Å². The molecular formula is C28H32N4O4. The van der Waals surface area contributed by atoms with E-state index in [4.69, 9.17) is 4.74 Å². The molecule has 1 unspecified atom stereocenters. The summed E-state index contributed by atoms with van der Waals surface area (Å²) in [4.78, 5) is 41.9. The number of para-hydroxylation sites is 2. The number of esters is 1. The van der Waals surface area contributed by atoms with Gasteiger partial charge in [0.2, 0.25) is 5.91 Å². The van der Waals surface area contributed by atoms with Crippen LogP contribution in [0.1, 0.15) is 43.6 Å². The second-order valence-corrected chi connectivity index (χ2v) is 9.05. The van der Waals surface area contributed by atoms with E-state index in [0.717, 1.165) is 28.2 Å². The molecule has 2 aromatic carbocycles. The van der Waals surface area contributed by atoms with Crippen LogP contribution in [0.3, 0.4) is 0 Å². The molecule has 3 amide bonds. The van der Waals surface area contributed by atoms with Crippen molar-refractivity contribution in [3.05, 3.63) is 83.7 Å². The van der Waals surface area contributed by atoms with Gasteiger partial charge in [-0.05, 0) is 57.5 Å². The van der Waals surface area contributed by atoms with Crippen LogP contribution in [-0.4, -0.2) is 53.1 Å². The van der Waals surface area contributed by atoms with Gasteiger partial charge in [-0.25, -0.2) is 4.79 Å². The van der Waals surface area contributed by atoms with E-state index in [-0.39, 0.29) is 37.7 Å². The number of aryl methyl sites for hydroxylation is 1. The monoisotopic (exact) mass is 488 g/mol. The van der Waals surface area contributed by atoms with Gasteiger partial charge in [0.25, 0.3) is 0 Å². The molecule has 0 radical (unpaired) electrons. The zero-order valence-electron chi connectivity index (χ0n) is 21.1. The number of anilines is 1. The van der Waals surface area contributed by atoms with Gasteiger partial charge in [-0.1, -0.05) is 42.0 Å². The number of fused-ring (bicyclic) bond motifs is 3. The number of aromatic nitrogens is 1. The first-order valence-electron chi connectivity index (χ1n) is 12.2. The smallest absolute Gasteiger partial charge is 0.325 e. The van der Waals surface area contributed by atoms with Crippen LogP contribution in [0.4, 0.5) is 10.5 Å². The van der Waals surface area contributed by atoms with Crippen molar-refractivity contribution < 1.29 is 19.1 Å². The lowest BCUT2D eigenvalue weighted by Gasteiger charge is -2.40. The van der Waals surface area contributed by atoms with Crippen molar-refractivity contribution >= 4 is 23.6 Å². The molecule has 2 heterocycles. The summed E-state index contributed by atoms with van der Waals surface area (Å²) in [5.74, 6) is -0.744. The third-order valence-corrected chi connectivity index (χ3v) is 6.26. The highest BCUT2D eigenvalue weighted by Crippen LogP contribution is 2.42. The highest BCUT2D eigenvalue weighted by atomic mass is 16.5. The largest absolute Gasteiger partial charge is 0.465 e. The number of carbonyl (C=O) groups is 3. The SMILES string of the molecule is CCOC(=O)CNC(=O)N(CC(=O)N1c2ccccc2-n2cccc2C1c1ccc(C)cc1)C(C)C. The van der Waals surface area contributed by atoms with Crippen molar-refractivity contribution in [2.75, 3.05) is 24.6 Å². The lowest BCUT2D eigenvalue weighted by atomic mass is 9.97. The molecule has 1 atom stereocenters. The quantitative estimate of drug-likeness (QED) is 0.505. The average Bonchev–Trinajstić information content (AvgIpc) is 3.35. The maximum absolute atomic E-state index is 14.0. The Bertz CT molecular complexity index is 1250. The normalized spacial score (nSPS) is 14.1. The number of amides is 3. The Labute approximate surface area is 211 Å². The van der Waals surface area contributed by atoms with Crippen molar-refractivity contribution in [3.8, 4) is 5.69 Å². The topological polar surface area (TPSA) is 83.9 Å². The molecule has 8 nitrogen and oxygen atoms in total. The van der Waals surface area contributed by atoms with Crippen LogP contribution >= 0.6 is 0 Å². The molecule has 1 aliphatic heterocycles. The number of benzene rings is 2. The van der Waals surface area contributed by atoms with Crippen LogP contribution in [0.15, 0.2) is 66.9 Å². The van der Waals surface area contributed by atoms with Gasteiger partial charge >= 0.3 is 12.0 Å². The van der Waals surface area contributed by atoms with Crippen molar-refractivity contribution in [3.63, 3.8) is 0 Å². The molecule has 1 aromatic heterocycles. The fraction of sp³-hybridized carbons (Fsp3) is 0.321. The summed E-state index contributed by atoms with van der Waals surface area (Å²) >= 11 is 0. The van der Waals surface area contributed by atoms with Crippen molar-refractivity contribution in [1.82, 2.24) is 14.8 Å². The Morgan fingerprint density at radius 2 is 1.69 bits per heavy atom. The van der Waals surface area contributed by atoms with Crippen LogP contribution in [0.25, 0.3) is 5.69 Å². The predicted molar refractivity (Wildman–Crippen MR) is 138 cm³/mol. The molecule has 36 heavy (non-hydrogen) atoms. The molecule has 0 bridgehead atoms. The fourth-order valence-electron chi connectivity index (χ4n) is 4.50. The first kappa shape index (κ1) is 25.0. The highest BCUT2D eigenvalue weighted by molar-refractivity contribution is 6.00. The number of carbonyl (C=O) groups excluding carboxylic acids is 3. The van der Waals surface area contributed by atoms with Crippen LogP contribution in [-0.2, 0) is 14.3 Å². The van der Waals surface area contributed by atoms with Crippen LogP contribution < -0.4 is 10.2 Å². The summed E-state index contributed by atoms with van der Waals surface area (Å²) in [7, 11) is 0. The van der Waals surface area contributed by atoms with E-state index in [1.54, 1.807) is 11.8 Å². The predicted octanol–water partition coefficient (Wildman–Crippen LogP) is 4.20. The highest BCUT2D eigenvalue weighted by Gasteiger charge is 2.37. The first-order chi connectivity index (χ1) is 17.3. The molecule has 0 aliphatic carbocycles. The minimum Gasteiger partial charge on any atom is -0.465 e. The Morgan fingerprint density at radius 1 is 1.00 bits per heavy atom. The second-order valence-electron chi connectivity index (χ2n) is 9.05. The number of nitrogens with one attached hydrogen (secondary N) is 1. The Balaban J connectivity index is 1.68. The van der Waals surface area contributed by atoms with Gasteiger partial charge in [0.05, 0.1) is 23.7 Å². The molecule has 0 spiro atoms. The summed E-state index contributed by atoms with van der Waals surface area (Å²) in [6.07, 6.45) is 2.00. The van der Waals surface area contributed by atoms with Crippen LogP contribution in [0.2, 0.25) is 0 Å². The van der Waals surface area contributed by atoms with Crippen molar-refractivity contribution in [2.24, 2.45) is 0 Å². The third kappa shape index (κ3) is 4.98. The van der Waals surface area contributed by atoms with E-state index in [0.29, 0.717) is 0 Å². The van der Waals surface area contributed by atoms with Gasteiger partial charge < -0.3 is 19.5 Å². The minimum absolute atomic E-state index is 0.149. The summed E-state index contributed by atoms with van der Waals surface area (Å²) in [6, 6.07) is 18.8. The number of hydrogen-bond acceptors (Lipinski definition) is 4. The third-order valence-electron chi connectivity index (χ3n) is 6.26. The number of rotatable bonds is 7. The lowest BCUT2D eigenvalue weighted by molar-refractivity contribution is -0.141. The zero-order chi connectivity index (χ0) is 25.8. The summed E-state index contributed by atoms with van der Waals surface area (Å²) < 4.78 is 7.00. The van der Waals surface area contributed by atoms with Crippen molar-refractivity contribution in [1.29, 1.82) is 0 Å². The molecular weight excluding hydrogens is 456 g/mol. The Kier molecular flexibility index (Phi) is 7.43.